The Labute approximate surface area is 178 Å². The molecule has 3 atom stereocenters. The maximum atomic E-state index is 12.6. The van der Waals surface area contributed by atoms with Crippen molar-refractivity contribution in [2.45, 2.75) is 38.5 Å². The number of carbonyl (C=O) groups excluding carboxylic acids is 2. The summed E-state index contributed by atoms with van der Waals surface area (Å²) in [6.45, 7) is 2.88. The average Bonchev–Trinajstić information content (AvgIpc) is 3.39. The van der Waals surface area contributed by atoms with Crippen molar-refractivity contribution in [3.8, 4) is 5.88 Å². The zero-order chi connectivity index (χ0) is 22.6. The van der Waals surface area contributed by atoms with E-state index in [1.807, 2.05) is 6.92 Å². The highest BCUT2D eigenvalue weighted by Crippen LogP contribution is 2.27. The summed E-state index contributed by atoms with van der Waals surface area (Å²) in [5.74, 6) is -0.645. The topological polar surface area (TPSA) is 169 Å². The number of pyridine rings is 1. The molecule has 0 unspecified atom stereocenters. The molecule has 2 aromatic rings. The van der Waals surface area contributed by atoms with Crippen LogP contribution in [0.5, 0.6) is 5.88 Å². The van der Waals surface area contributed by atoms with Crippen LogP contribution in [0.4, 0.5) is 0 Å². The molecule has 2 heterocycles. The lowest BCUT2D eigenvalue weighted by Gasteiger charge is -2.17. The Bertz CT molecular complexity index is 846. The minimum absolute atomic E-state index is 0.146. The van der Waals surface area contributed by atoms with Crippen molar-refractivity contribution in [1.82, 2.24) is 30.4 Å². The molecule has 1 aliphatic rings. The number of hydrogen-bond acceptors (Lipinski definition) is 8. The van der Waals surface area contributed by atoms with Gasteiger partial charge >= 0.3 is 0 Å². The fourth-order valence-electron chi connectivity index (χ4n) is 3.23. The fraction of sp³-hybridized carbons (Fsp3) is 0.474. The molecule has 12 heteroatoms. The van der Waals surface area contributed by atoms with Gasteiger partial charge in [-0.1, -0.05) is 0 Å². The molecule has 0 spiro atoms. The summed E-state index contributed by atoms with van der Waals surface area (Å²) in [7, 11) is 0. The summed E-state index contributed by atoms with van der Waals surface area (Å²) in [5, 5.41) is 26.8. The number of hydrogen-bond donors (Lipinski definition) is 4. The van der Waals surface area contributed by atoms with E-state index >= 15 is 0 Å². The second-order valence-corrected chi connectivity index (χ2v) is 6.66. The summed E-state index contributed by atoms with van der Waals surface area (Å²) < 4.78 is 7.00. The molecule has 1 saturated carbocycles. The fourth-order valence-corrected chi connectivity index (χ4v) is 3.23. The van der Waals surface area contributed by atoms with Gasteiger partial charge in [0, 0.05) is 18.7 Å². The van der Waals surface area contributed by atoms with E-state index in [1.54, 1.807) is 29.3 Å². The van der Waals surface area contributed by atoms with E-state index < -0.39 is 12.1 Å². The molecule has 1 aliphatic carbocycles. The molecule has 1 fully saturated rings. The van der Waals surface area contributed by atoms with E-state index in [9.17, 15) is 14.7 Å². The monoisotopic (exact) mass is 434 g/mol. The maximum Gasteiger partial charge on any atom is 0.290 e. The highest BCUT2D eigenvalue weighted by Gasteiger charge is 2.38. The van der Waals surface area contributed by atoms with Crippen LogP contribution < -0.4 is 15.4 Å². The van der Waals surface area contributed by atoms with E-state index in [2.05, 4.69) is 25.7 Å². The minimum atomic E-state index is -0.790. The van der Waals surface area contributed by atoms with Gasteiger partial charge in [0.05, 0.1) is 25.3 Å². The molecule has 168 valence electrons. The number of aliphatic hydroxyl groups excluding tert-OH is 1. The van der Waals surface area contributed by atoms with Crippen molar-refractivity contribution >= 4 is 18.3 Å². The van der Waals surface area contributed by atoms with Crippen LogP contribution in [-0.2, 0) is 16.1 Å². The van der Waals surface area contributed by atoms with E-state index in [1.165, 1.54) is 6.33 Å². The second-order valence-electron chi connectivity index (χ2n) is 6.66. The maximum absolute atomic E-state index is 12.6. The van der Waals surface area contributed by atoms with E-state index in [4.69, 9.17) is 14.6 Å². The lowest BCUT2D eigenvalue weighted by Crippen LogP contribution is -2.40. The van der Waals surface area contributed by atoms with Crippen molar-refractivity contribution in [3.05, 3.63) is 36.5 Å². The minimum Gasteiger partial charge on any atom is -0.483 e. The zero-order valence-electron chi connectivity index (χ0n) is 17.0. The highest BCUT2D eigenvalue weighted by atomic mass is 16.5. The van der Waals surface area contributed by atoms with Crippen molar-refractivity contribution < 1.29 is 29.3 Å². The molecular formula is C19H26N6O6. The van der Waals surface area contributed by atoms with E-state index in [-0.39, 0.29) is 30.1 Å². The van der Waals surface area contributed by atoms with Crippen LogP contribution in [0, 0.1) is 5.92 Å². The average molecular weight is 434 g/mol. The van der Waals surface area contributed by atoms with Gasteiger partial charge in [-0.3, -0.25) is 19.1 Å². The van der Waals surface area contributed by atoms with Gasteiger partial charge in [-0.25, -0.2) is 9.97 Å². The van der Waals surface area contributed by atoms with Gasteiger partial charge in [-0.2, -0.15) is 5.10 Å². The van der Waals surface area contributed by atoms with Gasteiger partial charge in [-0.15, -0.1) is 0 Å². The van der Waals surface area contributed by atoms with Crippen LogP contribution >= 0.6 is 0 Å². The Balaban J connectivity index is 0.00000107. The normalized spacial score (nSPS) is 19.6. The summed E-state index contributed by atoms with van der Waals surface area (Å²) in [4.78, 5) is 41.2. The molecule has 0 bridgehead atoms. The van der Waals surface area contributed by atoms with Gasteiger partial charge in [0.1, 0.15) is 18.2 Å². The first-order valence-electron chi connectivity index (χ1n) is 9.74. The summed E-state index contributed by atoms with van der Waals surface area (Å²) in [6.07, 6.45) is 4.43. The number of rotatable bonds is 8. The highest BCUT2D eigenvalue weighted by molar-refractivity contribution is 5.96. The third-order valence-corrected chi connectivity index (χ3v) is 4.62. The molecule has 12 nitrogen and oxygen atoms in total. The third kappa shape index (κ3) is 7.03. The Morgan fingerprint density at radius 3 is 2.84 bits per heavy atom. The lowest BCUT2D eigenvalue weighted by molar-refractivity contribution is -0.125. The molecule has 2 aromatic heterocycles. The largest absolute Gasteiger partial charge is 0.483 e. The molecule has 0 saturated heterocycles. The van der Waals surface area contributed by atoms with Crippen LogP contribution in [0.25, 0.3) is 0 Å². The van der Waals surface area contributed by atoms with E-state index in [0.29, 0.717) is 38.1 Å². The standard InChI is InChI=1S/C18H24N6O4.CH2O2/c1-2-28-18-13(4-3-5-21-18)17(27)23-14-8-12(9-15(14)25)16(26)20-6-7-24-11-19-10-22-24;2-1-3/h3-5,10-12,14-15,25H,2,6-9H2,1H3,(H,20,26)(H,23,27);1H,(H,2,3)/t12-,14+,15+;/m0./s1. The first-order valence-corrected chi connectivity index (χ1v) is 9.74. The number of carbonyl (C=O) groups is 3. The van der Waals surface area contributed by atoms with Crippen molar-refractivity contribution in [3.63, 3.8) is 0 Å². The van der Waals surface area contributed by atoms with Gasteiger partial charge in [0.25, 0.3) is 12.4 Å². The Morgan fingerprint density at radius 1 is 1.39 bits per heavy atom. The number of aliphatic hydroxyl groups is 1. The van der Waals surface area contributed by atoms with Gasteiger partial charge < -0.3 is 25.6 Å². The number of ether oxygens (including phenoxy) is 1. The van der Waals surface area contributed by atoms with Gasteiger partial charge in [-0.05, 0) is 31.9 Å². The summed E-state index contributed by atoms with van der Waals surface area (Å²) in [5.41, 5.74) is 0.303. The number of nitrogens with one attached hydrogen (secondary N) is 2. The van der Waals surface area contributed by atoms with Crippen LogP contribution in [-0.4, -0.2) is 73.5 Å². The van der Waals surface area contributed by atoms with E-state index in [0.717, 1.165) is 0 Å². The number of aromatic nitrogens is 4. The summed E-state index contributed by atoms with van der Waals surface area (Å²) >= 11 is 0. The molecule has 0 radical (unpaired) electrons. The number of amides is 2. The zero-order valence-corrected chi connectivity index (χ0v) is 17.0. The Morgan fingerprint density at radius 2 is 2.16 bits per heavy atom. The quantitative estimate of drug-likeness (QED) is 0.399. The summed E-state index contributed by atoms with van der Waals surface area (Å²) in [6, 6.07) is 2.75. The molecule has 0 aromatic carbocycles. The van der Waals surface area contributed by atoms with Crippen LogP contribution in [0.1, 0.15) is 30.1 Å². The number of nitrogens with zero attached hydrogens (tertiary/aromatic N) is 4. The SMILES string of the molecule is CCOc1ncccc1C(=O)N[C@@H]1C[C@H](C(=O)NCCn2cncn2)C[C@H]1O.O=CO. The first kappa shape index (κ1) is 23.7. The molecular weight excluding hydrogens is 408 g/mol. The van der Waals surface area contributed by atoms with Crippen molar-refractivity contribution in [2.24, 2.45) is 5.92 Å². The molecule has 3 rings (SSSR count). The predicted molar refractivity (Wildman–Crippen MR) is 107 cm³/mol. The van der Waals surface area contributed by atoms with Crippen LogP contribution in [0.15, 0.2) is 31.0 Å². The number of carboxylic acid groups (broad SMARTS) is 1. The third-order valence-electron chi connectivity index (χ3n) is 4.62. The predicted octanol–water partition coefficient (Wildman–Crippen LogP) is -0.542. The molecule has 2 amide bonds. The second kappa shape index (κ2) is 12.2. The van der Waals surface area contributed by atoms with Crippen LogP contribution in [0.3, 0.4) is 0 Å². The lowest BCUT2D eigenvalue weighted by atomic mass is 10.1. The van der Waals surface area contributed by atoms with Gasteiger partial charge in [0.2, 0.25) is 11.8 Å². The van der Waals surface area contributed by atoms with Crippen LogP contribution in [0.2, 0.25) is 0 Å². The molecule has 31 heavy (non-hydrogen) atoms. The Kier molecular flexibility index (Phi) is 9.36. The smallest absolute Gasteiger partial charge is 0.290 e. The van der Waals surface area contributed by atoms with Crippen molar-refractivity contribution in [1.29, 1.82) is 0 Å². The molecule has 0 aliphatic heterocycles. The van der Waals surface area contributed by atoms with Crippen molar-refractivity contribution in [2.75, 3.05) is 13.2 Å². The molecule has 4 N–H and O–H groups in total. The van der Waals surface area contributed by atoms with Gasteiger partial charge in [0.15, 0.2) is 0 Å². The Hall–Kier alpha value is -3.54. The first-order chi connectivity index (χ1) is 15.0.